The number of piperidine rings is 1. The van der Waals surface area contributed by atoms with Crippen LogP contribution in [0, 0.1) is 0 Å². The van der Waals surface area contributed by atoms with E-state index in [1.807, 2.05) is 6.92 Å². The van der Waals surface area contributed by atoms with Gasteiger partial charge in [0.25, 0.3) is 0 Å². The van der Waals surface area contributed by atoms with E-state index in [4.69, 9.17) is 27.9 Å². The Labute approximate surface area is 124 Å². The van der Waals surface area contributed by atoms with Gasteiger partial charge in [-0.3, -0.25) is 4.90 Å². The third-order valence-corrected chi connectivity index (χ3v) is 4.10. The summed E-state index contributed by atoms with van der Waals surface area (Å²) < 4.78 is 5.65. The molecule has 1 aromatic rings. The van der Waals surface area contributed by atoms with Crippen LogP contribution in [-0.2, 0) is 0 Å². The van der Waals surface area contributed by atoms with E-state index in [1.54, 1.807) is 18.2 Å². The number of halogens is 2. The van der Waals surface area contributed by atoms with Crippen molar-refractivity contribution in [1.29, 1.82) is 0 Å². The highest BCUT2D eigenvalue weighted by molar-refractivity contribution is 6.37. The smallest absolute Gasteiger partial charge is 0.156 e. The van der Waals surface area contributed by atoms with Crippen LogP contribution in [0.4, 0.5) is 0 Å². The number of nitrogens with zero attached hydrogens (tertiary/aromatic N) is 1. The fraction of sp³-hybridized carbons (Fsp3) is 0.571. The molecule has 1 N–H and O–H groups in total. The Balaban J connectivity index is 1.78. The van der Waals surface area contributed by atoms with E-state index in [1.165, 1.54) is 0 Å². The average molecular weight is 304 g/mol. The van der Waals surface area contributed by atoms with E-state index < -0.39 is 5.60 Å². The SMILES string of the molecule is CC1(O)CCN(CCOc2c(Cl)cccc2Cl)CC1. The number of hydrogen-bond donors (Lipinski definition) is 1. The van der Waals surface area contributed by atoms with Gasteiger partial charge in [0.1, 0.15) is 6.61 Å². The predicted octanol–water partition coefficient (Wildman–Crippen LogP) is 3.22. The zero-order chi connectivity index (χ0) is 13.9. The summed E-state index contributed by atoms with van der Waals surface area (Å²) in [6.07, 6.45) is 1.61. The van der Waals surface area contributed by atoms with Crippen molar-refractivity contribution in [1.82, 2.24) is 4.90 Å². The number of likely N-dealkylation sites (tertiary alicyclic amines) is 1. The molecule has 0 atom stereocenters. The fourth-order valence-corrected chi connectivity index (χ4v) is 2.66. The molecule has 19 heavy (non-hydrogen) atoms. The standard InChI is InChI=1S/C14H19Cl2NO2/c1-14(18)5-7-17(8-6-14)9-10-19-13-11(15)3-2-4-12(13)16/h2-4,18H,5-10H2,1H3. The van der Waals surface area contributed by atoms with Gasteiger partial charge >= 0.3 is 0 Å². The highest BCUT2D eigenvalue weighted by Gasteiger charge is 2.26. The summed E-state index contributed by atoms with van der Waals surface area (Å²) >= 11 is 12.1. The molecule has 1 aliphatic heterocycles. The van der Waals surface area contributed by atoms with Crippen molar-refractivity contribution in [2.45, 2.75) is 25.4 Å². The van der Waals surface area contributed by atoms with E-state index in [0.717, 1.165) is 32.5 Å². The summed E-state index contributed by atoms with van der Waals surface area (Å²) in [5.74, 6) is 0.551. The Morgan fingerprint density at radius 3 is 2.42 bits per heavy atom. The van der Waals surface area contributed by atoms with Crippen LogP contribution in [0.1, 0.15) is 19.8 Å². The quantitative estimate of drug-likeness (QED) is 0.927. The first-order chi connectivity index (χ1) is 8.98. The molecule has 1 aliphatic rings. The first-order valence-corrected chi connectivity index (χ1v) is 7.25. The fourth-order valence-electron chi connectivity index (χ4n) is 2.16. The van der Waals surface area contributed by atoms with E-state index in [2.05, 4.69) is 4.90 Å². The molecule has 0 spiro atoms. The van der Waals surface area contributed by atoms with Crippen molar-refractivity contribution < 1.29 is 9.84 Å². The monoisotopic (exact) mass is 303 g/mol. The Kier molecular flexibility index (Phi) is 4.96. The van der Waals surface area contributed by atoms with Gasteiger partial charge in [-0.05, 0) is 31.9 Å². The molecule has 0 aliphatic carbocycles. The molecule has 3 nitrogen and oxygen atoms in total. The molecule has 1 aromatic carbocycles. The van der Waals surface area contributed by atoms with Crippen LogP contribution < -0.4 is 4.74 Å². The van der Waals surface area contributed by atoms with Crippen molar-refractivity contribution in [2.75, 3.05) is 26.2 Å². The van der Waals surface area contributed by atoms with Crippen molar-refractivity contribution in [3.8, 4) is 5.75 Å². The third-order valence-electron chi connectivity index (χ3n) is 3.51. The maximum atomic E-state index is 9.88. The molecule has 5 heteroatoms. The first kappa shape index (κ1) is 14.9. The van der Waals surface area contributed by atoms with Gasteiger partial charge in [-0.1, -0.05) is 29.3 Å². The molecule has 0 saturated carbocycles. The number of benzene rings is 1. The largest absolute Gasteiger partial charge is 0.489 e. The van der Waals surface area contributed by atoms with E-state index >= 15 is 0 Å². The molecule has 0 aromatic heterocycles. The summed E-state index contributed by atoms with van der Waals surface area (Å²) in [6, 6.07) is 5.33. The van der Waals surface area contributed by atoms with E-state index in [-0.39, 0.29) is 0 Å². The minimum Gasteiger partial charge on any atom is -0.489 e. The number of para-hydroxylation sites is 1. The number of rotatable bonds is 4. The second-order valence-corrected chi connectivity index (χ2v) is 6.05. The summed E-state index contributed by atoms with van der Waals surface area (Å²) in [7, 11) is 0. The molecule has 0 unspecified atom stereocenters. The zero-order valence-corrected chi connectivity index (χ0v) is 12.5. The second kappa shape index (κ2) is 6.31. The second-order valence-electron chi connectivity index (χ2n) is 5.24. The predicted molar refractivity (Wildman–Crippen MR) is 78.3 cm³/mol. The van der Waals surface area contributed by atoms with Gasteiger partial charge < -0.3 is 9.84 Å². The molecule has 106 valence electrons. The molecule has 1 heterocycles. The number of ether oxygens (including phenoxy) is 1. The van der Waals surface area contributed by atoms with Crippen LogP contribution in [0.2, 0.25) is 10.0 Å². The van der Waals surface area contributed by atoms with Crippen molar-refractivity contribution in [3.63, 3.8) is 0 Å². The van der Waals surface area contributed by atoms with Gasteiger partial charge in [0, 0.05) is 19.6 Å². The first-order valence-electron chi connectivity index (χ1n) is 6.49. The Morgan fingerprint density at radius 1 is 1.26 bits per heavy atom. The molecule has 0 bridgehead atoms. The molecular formula is C14H19Cl2NO2. The lowest BCUT2D eigenvalue weighted by atomic mass is 9.94. The third kappa shape index (κ3) is 4.25. The van der Waals surface area contributed by atoms with Crippen LogP contribution in [0.5, 0.6) is 5.75 Å². The summed E-state index contributed by atoms with van der Waals surface area (Å²) in [5, 5.41) is 10.9. The molecule has 0 amide bonds. The molecule has 1 fully saturated rings. The minimum absolute atomic E-state index is 0.511. The van der Waals surface area contributed by atoms with Gasteiger partial charge in [0.05, 0.1) is 15.6 Å². The average Bonchev–Trinajstić information content (AvgIpc) is 2.35. The zero-order valence-electron chi connectivity index (χ0n) is 11.0. The summed E-state index contributed by atoms with van der Waals surface area (Å²) in [6.45, 7) is 5.05. The summed E-state index contributed by atoms with van der Waals surface area (Å²) in [5.41, 5.74) is -0.511. The van der Waals surface area contributed by atoms with Gasteiger partial charge in [-0.2, -0.15) is 0 Å². The maximum Gasteiger partial charge on any atom is 0.156 e. The van der Waals surface area contributed by atoms with Gasteiger partial charge in [0.15, 0.2) is 5.75 Å². The van der Waals surface area contributed by atoms with E-state index in [9.17, 15) is 5.11 Å². The van der Waals surface area contributed by atoms with E-state index in [0.29, 0.717) is 22.4 Å². The molecular weight excluding hydrogens is 285 g/mol. The lowest BCUT2D eigenvalue weighted by molar-refractivity contribution is -0.00767. The Hall–Kier alpha value is -0.480. The summed E-state index contributed by atoms with van der Waals surface area (Å²) in [4.78, 5) is 2.28. The number of hydrogen-bond acceptors (Lipinski definition) is 3. The van der Waals surface area contributed by atoms with Gasteiger partial charge in [-0.15, -0.1) is 0 Å². The highest BCUT2D eigenvalue weighted by atomic mass is 35.5. The minimum atomic E-state index is -0.511. The van der Waals surface area contributed by atoms with Crippen LogP contribution in [0.25, 0.3) is 0 Å². The topological polar surface area (TPSA) is 32.7 Å². The van der Waals surface area contributed by atoms with Crippen LogP contribution in [-0.4, -0.2) is 41.8 Å². The molecule has 1 saturated heterocycles. The van der Waals surface area contributed by atoms with Crippen molar-refractivity contribution in [3.05, 3.63) is 28.2 Å². The highest BCUT2D eigenvalue weighted by Crippen LogP contribution is 2.32. The lowest BCUT2D eigenvalue weighted by Crippen LogP contribution is -2.43. The normalized spacial score (nSPS) is 19.4. The number of aliphatic hydroxyl groups is 1. The van der Waals surface area contributed by atoms with Crippen molar-refractivity contribution >= 4 is 23.2 Å². The Morgan fingerprint density at radius 2 is 1.84 bits per heavy atom. The van der Waals surface area contributed by atoms with Crippen LogP contribution >= 0.6 is 23.2 Å². The molecule has 0 radical (unpaired) electrons. The van der Waals surface area contributed by atoms with Crippen molar-refractivity contribution in [2.24, 2.45) is 0 Å². The van der Waals surface area contributed by atoms with Gasteiger partial charge in [0.2, 0.25) is 0 Å². The maximum absolute atomic E-state index is 9.88. The molecule has 2 rings (SSSR count). The lowest BCUT2D eigenvalue weighted by Gasteiger charge is -2.35. The van der Waals surface area contributed by atoms with Crippen LogP contribution in [0.3, 0.4) is 0 Å². The van der Waals surface area contributed by atoms with Gasteiger partial charge in [-0.25, -0.2) is 0 Å². The Bertz CT molecular complexity index is 407. The van der Waals surface area contributed by atoms with Crippen LogP contribution in [0.15, 0.2) is 18.2 Å².